The number of benzene rings is 3. The van der Waals surface area contributed by atoms with Crippen LogP contribution in [0.4, 0.5) is 0 Å². The fourth-order valence-electron chi connectivity index (χ4n) is 6.24. The summed E-state index contributed by atoms with van der Waals surface area (Å²) >= 11 is 0. The van der Waals surface area contributed by atoms with Crippen LogP contribution < -0.4 is 0 Å². The van der Waals surface area contributed by atoms with E-state index in [1.807, 2.05) is 97.6 Å². The molecular formula is C42H38N6O. The maximum absolute atomic E-state index is 12.1. The van der Waals surface area contributed by atoms with Crippen LogP contribution in [-0.4, -0.2) is 34.8 Å². The Morgan fingerprint density at radius 3 is 1.20 bits per heavy atom. The van der Waals surface area contributed by atoms with Gasteiger partial charge in [-0.3, -0.25) is 29.7 Å². The molecule has 7 nitrogen and oxygen atoms in total. The van der Waals surface area contributed by atoms with Gasteiger partial charge in [-0.25, -0.2) is 0 Å². The van der Waals surface area contributed by atoms with Crippen LogP contribution in [-0.2, 0) is 39.3 Å². The molecule has 7 heteroatoms. The van der Waals surface area contributed by atoms with Gasteiger partial charge >= 0.3 is 0 Å². The summed E-state index contributed by atoms with van der Waals surface area (Å²) in [6, 6.07) is 43.1. The van der Waals surface area contributed by atoms with E-state index in [9.17, 15) is 5.11 Å². The maximum Gasteiger partial charge on any atom is 0.124 e. The van der Waals surface area contributed by atoms with Crippen LogP contribution in [0.25, 0.3) is 21.9 Å². The summed E-state index contributed by atoms with van der Waals surface area (Å²) in [5.41, 5.74) is 7.69. The molecule has 242 valence electrons. The van der Waals surface area contributed by atoms with E-state index in [1.165, 1.54) is 10.8 Å². The maximum atomic E-state index is 12.1. The molecule has 0 aliphatic carbocycles. The van der Waals surface area contributed by atoms with Crippen molar-refractivity contribution in [2.75, 3.05) is 0 Å². The van der Waals surface area contributed by atoms with E-state index in [0.29, 0.717) is 45.0 Å². The highest BCUT2D eigenvalue weighted by Gasteiger charge is 2.19. The molecule has 0 bridgehead atoms. The lowest BCUT2D eigenvalue weighted by atomic mass is 9.96. The third kappa shape index (κ3) is 8.40. The van der Waals surface area contributed by atoms with Crippen molar-refractivity contribution in [2.24, 2.45) is 0 Å². The topological polar surface area (TPSA) is 78.3 Å². The van der Waals surface area contributed by atoms with Gasteiger partial charge in [0.15, 0.2) is 0 Å². The van der Waals surface area contributed by atoms with E-state index >= 15 is 0 Å². The number of hydrogen-bond acceptors (Lipinski definition) is 7. The third-order valence-electron chi connectivity index (χ3n) is 8.59. The van der Waals surface area contributed by atoms with Gasteiger partial charge < -0.3 is 5.11 Å². The molecule has 0 aliphatic heterocycles. The Hall–Kier alpha value is -5.76. The van der Waals surface area contributed by atoms with Gasteiger partial charge in [0.05, 0.1) is 22.8 Å². The Kier molecular flexibility index (Phi) is 10.0. The number of fused-ring (bicyclic) bond motifs is 1. The van der Waals surface area contributed by atoms with Gasteiger partial charge in [0.2, 0.25) is 0 Å². The fourth-order valence-corrected chi connectivity index (χ4v) is 6.24. The number of phenols is 1. The van der Waals surface area contributed by atoms with Crippen LogP contribution in [0.15, 0.2) is 152 Å². The zero-order valence-corrected chi connectivity index (χ0v) is 27.3. The number of phenolic OH excluding ortho intramolecular Hbond substituents is 1. The summed E-state index contributed by atoms with van der Waals surface area (Å²) in [6.45, 7) is 3.45. The Morgan fingerprint density at radius 1 is 0.388 bits per heavy atom. The van der Waals surface area contributed by atoms with Gasteiger partial charge in [0.1, 0.15) is 5.75 Å². The van der Waals surface area contributed by atoms with Gasteiger partial charge in [0, 0.05) is 75.2 Å². The van der Waals surface area contributed by atoms with Crippen LogP contribution in [0.2, 0.25) is 0 Å². The summed E-state index contributed by atoms with van der Waals surface area (Å²) in [7, 11) is 0. The largest absolute Gasteiger partial charge is 0.507 e. The van der Waals surface area contributed by atoms with Gasteiger partial charge in [-0.2, -0.15) is 0 Å². The van der Waals surface area contributed by atoms with Gasteiger partial charge in [-0.1, -0.05) is 60.7 Å². The van der Waals surface area contributed by atoms with Crippen molar-refractivity contribution >= 4 is 10.8 Å². The van der Waals surface area contributed by atoms with Crippen molar-refractivity contribution in [2.45, 2.75) is 39.3 Å². The smallest absolute Gasteiger partial charge is 0.124 e. The first-order valence-corrected chi connectivity index (χ1v) is 16.5. The molecule has 7 aromatic rings. The Balaban J connectivity index is 1.29. The molecule has 7 rings (SSSR count). The monoisotopic (exact) mass is 642 g/mol. The first-order valence-electron chi connectivity index (χ1n) is 16.5. The quantitative estimate of drug-likeness (QED) is 0.136. The predicted octanol–water partition coefficient (Wildman–Crippen LogP) is 8.20. The zero-order valence-electron chi connectivity index (χ0n) is 27.3. The minimum absolute atomic E-state index is 0.295. The summed E-state index contributed by atoms with van der Waals surface area (Å²) in [5, 5.41) is 14.4. The van der Waals surface area contributed by atoms with Crippen LogP contribution in [0.1, 0.15) is 33.9 Å². The van der Waals surface area contributed by atoms with Gasteiger partial charge in [0.25, 0.3) is 0 Å². The van der Waals surface area contributed by atoms with Crippen LogP contribution in [0, 0.1) is 0 Å². The van der Waals surface area contributed by atoms with Crippen molar-refractivity contribution in [3.63, 3.8) is 0 Å². The molecule has 0 atom stereocenters. The number of hydrogen-bond donors (Lipinski definition) is 1. The van der Waals surface area contributed by atoms with Crippen LogP contribution in [0.3, 0.4) is 0 Å². The Bertz CT molecular complexity index is 1900. The number of aromatic nitrogens is 4. The molecule has 0 radical (unpaired) electrons. The number of pyridine rings is 4. The number of nitrogens with zero attached hydrogens (tertiary/aromatic N) is 6. The molecular weight excluding hydrogens is 605 g/mol. The van der Waals surface area contributed by atoms with Crippen molar-refractivity contribution < 1.29 is 5.11 Å². The molecule has 4 aromatic heterocycles. The number of aromatic hydroxyl groups is 1. The summed E-state index contributed by atoms with van der Waals surface area (Å²) in [6.07, 6.45) is 7.29. The Labute approximate surface area is 287 Å². The summed E-state index contributed by atoms with van der Waals surface area (Å²) in [4.78, 5) is 23.0. The average Bonchev–Trinajstić information content (AvgIpc) is 3.14. The summed E-state index contributed by atoms with van der Waals surface area (Å²) in [5.74, 6) is 0.295. The fraction of sp³-hybridized carbons (Fsp3) is 0.143. The molecule has 49 heavy (non-hydrogen) atoms. The zero-order chi connectivity index (χ0) is 33.3. The minimum Gasteiger partial charge on any atom is -0.507 e. The highest BCUT2D eigenvalue weighted by atomic mass is 16.3. The van der Waals surface area contributed by atoms with Crippen molar-refractivity contribution in [1.29, 1.82) is 0 Å². The molecule has 4 heterocycles. The molecule has 0 unspecified atom stereocenters. The normalized spacial score (nSPS) is 11.4. The van der Waals surface area contributed by atoms with E-state index in [2.05, 4.69) is 84.3 Å². The van der Waals surface area contributed by atoms with E-state index < -0.39 is 0 Å². The first-order chi connectivity index (χ1) is 24.2. The molecule has 0 fully saturated rings. The minimum atomic E-state index is 0.295. The van der Waals surface area contributed by atoms with E-state index in [4.69, 9.17) is 0 Å². The molecule has 0 spiro atoms. The van der Waals surface area contributed by atoms with Crippen molar-refractivity contribution in [3.8, 4) is 16.9 Å². The average molecular weight is 643 g/mol. The number of rotatable bonds is 13. The molecule has 0 saturated carbocycles. The lowest BCUT2D eigenvalue weighted by Crippen LogP contribution is -2.25. The van der Waals surface area contributed by atoms with Crippen LogP contribution >= 0.6 is 0 Å². The second-order valence-corrected chi connectivity index (χ2v) is 12.3. The molecule has 0 saturated heterocycles. The Morgan fingerprint density at radius 2 is 0.796 bits per heavy atom. The van der Waals surface area contributed by atoms with E-state index in [1.54, 1.807) is 0 Å². The van der Waals surface area contributed by atoms with Gasteiger partial charge in [-0.05, 0) is 88.6 Å². The summed E-state index contributed by atoms with van der Waals surface area (Å²) < 4.78 is 0. The predicted molar refractivity (Wildman–Crippen MR) is 194 cm³/mol. The molecule has 0 aliphatic rings. The van der Waals surface area contributed by atoms with Crippen molar-refractivity contribution in [1.82, 2.24) is 29.7 Å². The molecule has 0 amide bonds. The highest BCUT2D eigenvalue weighted by Crippen LogP contribution is 2.34. The van der Waals surface area contributed by atoms with Crippen LogP contribution in [0.5, 0.6) is 5.75 Å². The third-order valence-corrected chi connectivity index (χ3v) is 8.59. The van der Waals surface area contributed by atoms with E-state index in [0.717, 1.165) is 45.0 Å². The lowest BCUT2D eigenvalue weighted by molar-refractivity contribution is 0.231. The van der Waals surface area contributed by atoms with Crippen molar-refractivity contribution in [3.05, 3.63) is 186 Å². The SMILES string of the molecule is Oc1c(CN(Cc2ccccn2)Cc2ccccn2)cc(-c2ccc3ccccc3c2)cc1CN(Cc1ccccn1)Cc1ccccn1. The van der Waals surface area contributed by atoms with E-state index in [-0.39, 0.29) is 0 Å². The lowest BCUT2D eigenvalue weighted by Gasteiger charge is -2.26. The standard InChI is InChI=1S/C42H38N6O/c49-42-36(26-47(28-38-13-3-7-19-43-38)29-39-14-4-8-20-44-39)24-35(34-18-17-32-11-1-2-12-33(32)23-34)25-37(42)27-48(30-40-15-5-9-21-45-40)31-41-16-6-10-22-46-41/h1-25,49H,26-31H2. The van der Waals surface area contributed by atoms with Gasteiger partial charge in [-0.15, -0.1) is 0 Å². The molecule has 1 N–H and O–H groups in total. The second-order valence-electron chi connectivity index (χ2n) is 12.3. The second kappa shape index (κ2) is 15.4. The first kappa shape index (κ1) is 31.8. The highest BCUT2D eigenvalue weighted by molar-refractivity contribution is 5.87. The molecule has 3 aromatic carbocycles.